The molecule has 0 radical (unpaired) electrons. The molecular formula is C28H32N10O. The molecular weight excluding hydrogens is 492 g/mol. The number of nitrogens with zero attached hydrogens (tertiary/aromatic N) is 9. The first kappa shape index (κ1) is 23.8. The van der Waals surface area contributed by atoms with Gasteiger partial charge in [-0.1, -0.05) is 0 Å². The lowest BCUT2D eigenvalue weighted by Crippen LogP contribution is -2.16. The van der Waals surface area contributed by atoms with Crippen molar-refractivity contribution in [1.82, 2.24) is 44.0 Å². The summed E-state index contributed by atoms with van der Waals surface area (Å²) in [6.45, 7) is 4.77. The molecule has 0 aromatic carbocycles. The van der Waals surface area contributed by atoms with Crippen LogP contribution in [0.3, 0.4) is 0 Å². The van der Waals surface area contributed by atoms with Gasteiger partial charge in [0.25, 0.3) is 0 Å². The third-order valence-corrected chi connectivity index (χ3v) is 7.90. The first-order valence-corrected chi connectivity index (χ1v) is 13.5. The molecule has 5 aromatic heterocycles. The van der Waals surface area contributed by atoms with E-state index in [-0.39, 0.29) is 6.04 Å². The Morgan fingerprint density at radius 2 is 1.97 bits per heavy atom. The van der Waals surface area contributed by atoms with E-state index < -0.39 is 0 Å². The lowest BCUT2D eigenvalue weighted by atomic mass is 10.1. The van der Waals surface area contributed by atoms with Gasteiger partial charge < -0.3 is 19.5 Å². The zero-order chi connectivity index (χ0) is 26.7. The summed E-state index contributed by atoms with van der Waals surface area (Å²) in [7, 11) is 6.23. The predicted molar refractivity (Wildman–Crippen MR) is 149 cm³/mol. The molecule has 11 nitrogen and oxygen atoms in total. The van der Waals surface area contributed by atoms with Crippen molar-refractivity contribution in [3.05, 3.63) is 48.0 Å². The lowest BCUT2D eigenvalue weighted by molar-refractivity contribution is 0.260. The van der Waals surface area contributed by atoms with Crippen LogP contribution < -0.4 is 10.1 Å². The van der Waals surface area contributed by atoms with Crippen molar-refractivity contribution in [3.8, 4) is 28.7 Å². The molecule has 0 unspecified atom stereocenters. The van der Waals surface area contributed by atoms with Crippen LogP contribution in [0.5, 0.6) is 5.88 Å². The number of hydrogen-bond donors (Lipinski definition) is 1. The fraction of sp³-hybridized carbons (Fsp3) is 0.393. The van der Waals surface area contributed by atoms with Crippen LogP contribution in [0.2, 0.25) is 0 Å². The molecule has 5 aromatic rings. The monoisotopic (exact) mass is 524 g/mol. The summed E-state index contributed by atoms with van der Waals surface area (Å²) in [5.74, 6) is 2.55. The average Bonchev–Trinajstić information content (AvgIpc) is 3.53. The number of aromatic nitrogens is 8. The molecule has 2 aliphatic rings. The summed E-state index contributed by atoms with van der Waals surface area (Å²) < 4.78 is 12.4. The molecule has 200 valence electrons. The van der Waals surface area contributed by atoms with E-state index in [1.165, 1.54) is 11.3 Å². The first-order chi connectivity index (χ1) is 19.0. The van der Waals surface area contributed by atoms with Crippen molar-refractivity contribution in [2.75, 3.05) is 25.5 Å². The van der Waals surface area contributed by atoms with Crippen molar-refractivity contribution in [2.45, 2.75) is 38.8 Å². The van der Waals surface area contributed by atoms with Gasteiger partial charge in [-0.25, -0.2) is 19.6 Å². The van der Waals surface area contributed by atoms with Gasteiger partial charge in [0.2, 0.25) is 5.88 Å². The second kappa shape index (κ2) is 9.19. The van der Waals surface area contributed by atoms with Crippen LogP contribution in [0.1, 0.15) is 37.1 Å². The summed E-state index contributed by atoms with van der Waals surface area (Å²) in [5.41, 5.74) is 6.64. The second-order valence-electron chi connectivity index (χ2n) is 10.6. The van der Waals surface area contributed by atoms with E-state index in [9.17, 15) is 0 Å². The normalized spacial score (nSPS) is 17.7. The Morgan fingerprint density at radius 1 is 1.08 bits per heavy atom. The number of ether oxygens (including phenoxy) is 1. The zero-order valence-electron chi connectivity index (χ0n) is 22.7. The van der Waals surface area contributed by atoms with Gasteiger partial charge in [0.05, 0.1) is 30.1 Å². The number of fused-ring (bicyclic) bond motifs is 6. The lowest BCUT2D eigenvalue weighted by Gasteiger charge is -2.16. The Hall–Kier alpha value is -4.25. The van der Waals surface area contributed by atoms with Crippen LogP contribution in [-0.2, 0) is 27.1 Å². The van der Waals surface area contributed by atoms with Crippen LogP contribution in [0.15, 0.2) is 36.8 Å². The molecule has 39 heavy (non-hydrogen) atoms. The molecule has 0 amide bonds. The molecule has 7 rings (SSSR count). The highest BCUT2D eigenvalue weighted by Gasteiger charge is 2.24. The van der Waals surface area contributed by atoms with Crippen LogP contribution in [0.25, 0.3) is 33.7 Å². The summed E-state index contributed by atoms with van der Waals surface area (Å²) in [6, 6.07) is 6.30. The number of aryl methyl sites for hydroxylation is 1. The van der Waals surface area contributed by atoms with E-state index in [2.05, 4.69) is 62.7 Å². The SMILES string of the molecule is C[C@H]1CCOc2c(cnn2C)-c2nccc(n2)Nc2cc3c(cn2)c(-c2cc4c(n2C)CCCN(C)C4)nn31. The largest absolute Gasteiger partial charge is 0.477 e. The van der Waals surface area contributed by atoms with E-state index in [1.807, 2.05) is 19.3 Å². The number of rotatable bonds is 1. The van der Waals surface area contributed by atoms with Crippen molar-refractivity contribution in [1.29, 1.82) is 0 Å². The number of pyridine rings is 1. The summed E-state index contributed by atoms with van der Waals surface area (Å²) in [6.07, 6.45) is 8.40. The first-order valence-electron chi connectivity index (χ1n) is 13.5. The predicted octanol–water partition coefficient (Wildman–Crippen LogP) is 4.09. The van der Waals surface area contributed by atoms with Gasteiger partial charge in [0.15, 0.2) is 5.82 Å². The molecule has 1 N–H and O–H groups in total. The van der Waals surface area contributed by atoms with E-state index >= 15 is 0 Å². The maximum absolute atomic E-state index is 6.25. The molecule has 4 bridgehead atoms. The minimum Gasteiger partial charge on any atom is -0.477 e. The zero-order valence-corrected chi connectivity index (χ0v) is 22.7. The average molecular weight is 525 g/mol. The Bertz CT molecular complexity index is 1700. The topological polar surface area (TPSA) is 104 Å². The molecule has 11 heteroatoms. The minimum absolute atomic E-state index is 0.0921. The van der Waals surface area contributed by atoms with Gasteiger partial charge in [0.1, 0.15) is 22.9 Å². The van der Waals surface area contributed by atoms with E-state index in [4.69, 9.17) is 19.8 Å². The van der Waals surface area contributed by atoms with Crippen molar-refractivity contribution in [3.63, 3.8) is 0 Å². The van der Waals surface area contributed by atoms with Crippen LogP contribution in [0, 0.1) is 0 Å². The Kier molecular flexibility index (Phi) is 5.62. The van der Waals surface area contributed by atoms with Crippen LogP contribution in [-0.4, -0.2) is 64.2 Å². The Balaban J connectivity index is 1.36. The third-order valence-electron chi connectivity index (χ3n) is 7.90. The maximum atomic E-state index is 6.25. The molecule has 0 spiro atoms. The Morgan fingerprint density at radius 3 is 2.87 bits per heavy atom. The molecule has 1 atom stereocenters. The van der Waals surface area contributed by atoms with E-state index in [0.29, 0.717) is 29.9 Å². The van der Waals surface area contributed by atoms with Crippen molar-refractivity contribution in [2.24, 2.45) is 14.1 Å². The molecule has 2 aliphatic heterocycles. The molecule has 0 saturated heterocycles. The van der Waals surface area contributed by atoms with Gasteiger partial charge in [0, 0.05) is 56.6 Å². The van der Waals surface area contributed by atoms with Crippen molar-refractivity contribution >= 4 is 22.5 Å². The van der Waals surface area contributed by atoms with Crippen LogP contribution in [0.4, 0.5) is 11.6 Å². The Labute approximate surface area is 226 Å². The van der Waals surface area contributed by atoms with Gasteiger partial charge in [-0.2, -0.15) is 10.2 Å². The van der Waals surface area contributed by atoms with Gasteiger partial charge in [-0.3, -0.25) is 4.68 Å². The number of nitrogens with one attached hydrogen (secondary N) is 1. The van der Waals surface area contributed by atoms with E-state index in [0.717, 1.165) is 60.2 Å². The van der Waals surface area contributed by atoms with Gasteiger partial charge in [-0.05, 0) is 51.1 Å². The summed E-state index contributed by atoms with van der Waals surface area (Å²) in [5, 5.41) is 14.0. The molecule has 0 saturated carbocycles. The number of hydrogen-bond acceptors (Lipinski definition) is 8. The van der Waals surface area contributed by atoms with Crippen LogP contribution >= 0.6 is 0 Å². The quantitative estimate of drug-likeness (QED) is 0.350. The maximum Gasteiger partial charge on any atom is 0.222 e. The molecule has 0 aliphatic carbocycles. The number of anilines is 2. The highest BCUT2D eigenvalue weighted by atomic mass is 16.5. The third kappa shape index (κ3) is 4.04. The summed E-state index contributed by atoms with van der Waals surface area (Å²) in [4.78, 5) is 16.4. The second-order valence-corrected chi connectivity index (χ2v) is 10.6. The van der Waals surface area contributed by atoms with E-state index in [1.54, 1.807) is 17.1 Å². The fourth-order valence-corrected chi connectivity index (χ4v) is 5.80. The fourth-order valence-electron chi connectivity index (χ4n) is 5.80. The molecule has 0 fully saturated rings. The van der Waals surface area contributed by atoms with Crippen molar-refractivity contribution < 1.29 is 4.74 Å². The standard InChI is InChI=1S/C28H32N10O/c1-17-8-11-39-28-20(15-31-37(28)4)27-29-9-7-24(33-27)32-25-13-22-19(14-30-25)26(34-38(17)22)23-12-18-16-35(2)10-5-6-21(18)36(23)3/h7,9,12-15,17H,5-6,8,10-11,16H2,1-4H3,(H,29,30,32,33)/t17-/m0/s1. The summed E-state index contributed by atoms with van der Waals surface area (Å²) >= 11 is 0. The highest BCUT2D eigenvalue weighted by molar-refractivity contribution is 5.94. The smallest absolute Gasteiger partial charge is 0.222 e. The van der Waals surface area contributed by atoms with Gasteiger partial charge >= 0.3 is 0 Å². The molecule has 7 heterocycles. The van der Waals surface area contributed by atoms with Gasteiger partial charge in [-0.15, -0.1) is 0 Å². The highest BCUT2D eigenvalue weighted by Crippen LogP contribution is 2.35. The minimum atomic E-state index is 0.0921.